The van der Waals surface area contributed by atoms with Crippen molar-refractivity contribution in [3.05, 3.63) is 77.0 Å². The summed E-state index contributed by atoms with van der Waals surface area (Å²) in [7, 11) is 0. The van der Waals surface area contributed by atoms with Crippen molar-refractivity contribution < 1.29 is 18.3 Å². The fraction of sp³-hybridized carbons (Fsp3) is 0.375. The third-order valence-corrected chi connectivity index (χ3v) is 5.77. The summed E-state index contributed by atoms with van der Waals surface area (Å²) in [5.41, 5.74) is 0.201. The monoisotopic (exact) mass is 401 g/mol. The zero-order valence-corrected chi connectivity index (χ0v) is 17.1. The molecule has 0 saturated carbocycles. The number of para-hydroxylation sites is 1. The smallest absolute Gasteiger partial charge is 0.380 e. The summed E-state index contributed by atoms with van der Waals surface area (Å²) in [6.45, 7) is 7.40. The van der Waals surface area contributed by atoms with E-state index in [1.165, 1.54) is 6.20 Å². The fourth-order valence-corrected chi connectivity index (χ4v) is 3.88. The molecule has 1 atom stereocenters. The molecule has 3 rings (SSSR count). The van der Waals surface area contributed by atoms with Crippen molar-refractivity contribution >= 4 is 10.9 Å². The molecule has 0 aliphatic heterocycles. The Labute approximate surface area is 169 Å². The summed E-state index contributed by atoms with van der Waals surface area (Å²) in [4.78, 5) is 4.21. The molecule has 3 aromatic rings. The van der Waals surface area contributed by atoms with E-state index < -0.39 is 30.0 Å². The molecule has 0 bridgehead atoms. The summed E-state index contributed by atoms with van der Waals surface area (Å²) in [6.07, 6.45) is -4.24. The summed E-state index contributed by atoms with van der Waals surface area (Å²) < 4.78 is 42.3. The summed E-state index contributed by atoms with van der Waals surface area (Å²) in [5, 5.41) is 11.6. The van der Waals surface area contributed by atoms with Gasteiger partial charge in [0.15, 0.2) is 5.60 Å². The van der Waals surface area contributed by atoms with Gasteiger partial charge in [-0.15, -0.1) is 0 Å². The van der Waals surface area contributed by atoms with Crippen molar-refractivity contribution in [3.63, 3.8) is 0 Å². The number of benzene rings is 2. The number of aryl methyl sites for hydroxylation is 2. The normalized spacial score (nSPS) is 14.8. The fourth-order valence-electron chi connectivity index (χ4n) is 3.88. The lowest BCUT2D eigenvalue weighted by Crippen LogP contribution is -2.50. The van der Waals surface area contributed by atoms with E-state index >= 15 is 0 Å². The lowest BCUT2D eigenvalue weighted by molar-refractivity contribution is -0.266. The average molecular weight is 401 g/mol. The molecule has 0 aliphatic rings. The molecule has 2 nitrogen and oxygen atoms in total. The Hall–Kier alpha value is -2.40. The van der Waals surface area contributed by atoms with Gasteiger partial charge in [0.05, 0.1) is 5.52 Å². The molecular weight excluding hydrogens is 375 g/mol. The Bertz CT molecular complexity index is 1020. The van der Waals surface area contributed by atoms with E-state index in [9.17, 15) is 18.3 Å². The molecule has 0 aliphatic carbocycles. The van der Waals surface area contributed by atoms with Crippen LogP contribution in [0.5, 0.6) is 0 Å². The predicted octanol–water partition coefficient (Wildman–Crippen LogP) is 6.06. The standard InChI is InChI=1S/C24H26F3NO/c1-16-9-10-19(13-17(16)2)22(3,4)15-23(29,24(25,26)27)14-18-11-12-28-21-8-6-5-7-20(18)21/h5-13,29H,14-15H2,1-4H3. The minimum Gasteiger partial charge on any atom is -0.380 e. The van der Waals surface area contributed by atoms with Crippen LogP contribution in [0.25, 0.3) is 10.9 Å². The molecule has 0 spiro atoms. The SMILES string of the molecule is Cc1ccc(C(C)(C)CC(O)(Cc2ccnc3ccccc23)C(F)(F)F)cc1C. The number of alkyl halides is 3. The Balaban J connectivity index is 2.01. The molecule has 2 aromatic carbocycles. The number of hydrogen-bond donors (Lipinski definition) is 1. The number of fused-ring (bicyclic) bond motifs is 1. The van der Waals surface area contributed by atoms with E-state index in [2.05, 4.69) is 4.98 Å². The molecule has 0 radical (unpaired) electrons. The zero-order chi connectivity index (χ0) is 21.4. The van der Waals surface area contributed by atoms with Crippen LogP contribution in [-0.2, 0) is 11.8 Å². The van der Waals surface area contributed by atoms with Gasteiger partial charge in [-0.25, -0.2) is 0 Å². The molecule has 0 saturated heterocycles. The summed E-state index contributed by atoms with van der Waals surface area (Å²) in [5.74, 6) is 0. The number of aromatic nitrogens is 1. The van der Waals surface area contributed by atoms with Gasteiger partial charge in [0.1, 0.15) is 0 Å². The van der Waals surface area contributed by atoms with Gasteiger partial charge in [-0.3, -0.25) is 4.98 Å². The van der Waals surface area contributed by atoms with E-state index in [-0.39, 0.29) is 0 Å². The lowest BCUT2D eigenvalue weighted by Gasteiger charge is -2.38. The number of rotatable bonds is 5. The molecule has 1 N–H and O–H groups in total. The minimum absolute atomic E-state index is 0.436. The second kappa shape index (κ2) is 7.45. The number of nitrogens with zero attached hydrogens (tertiary/aromatic N) is 1. The Morgan fingerprint density at radius 1 is 0.931 bits per heavy atom. The average Bonchev–Trinajstić information content (AvgIpc) is 2.63. The van der Waals surface area contributed by atoms with Crippen molar-refractivity contribution in [3.8, 4) is 0 Å². The number of hydrogen-bond acceptors (Lipinski definition) is 2. The van der Waals surface area contributed by atoms with E-state index in [1.807, 2.05) is 32.0 Å². The highest BCUT2D eigenvalue weighted by molar-refractivity contribution is 5.81. The van der Waals surface area contributed by atoms with Crippen LogP contribution in [0.3, 0.4) is 0 Å². The van der Waals surface area contributed by atoms with E-state index in [0.717, 1.165) is 16.7 Å². The molecule has 29 heavy (non-hydrogen) atoms. The first-order valence-electron chi connectivity index (χ1n) is 9.62. The topological polar surface area (TPSA) is 33.1 Å². The van der Waals surface area contributed by atoms with E-state index in [1.54, 1.807) is 44.2 Å². The molecular formula is C24H26F3NO. The maximum Gasteiger partial charge on any atom is 0.417 e. The minimum atomic E-state index is -4.77. The molecule has 0 fully saturated rings. The molecule has 5 heteroatoms. The highest BCUT2D eigenvalue weighted by atomic mass is 19.4. The number of halogens is 3. The van der Waals surface area contributed by atoms with Crippen LogP contribution >= 0.6 is 0 Å². The number of aliphatic hydroxyl groups is 1. The molecule has 1 heterocycles. The molecule has 1 unspecified atom stereocenters. The van der Waals surface area contributed by atoms with Crippen molar-refractivity contribution in [1.82, 2.24) is 4.98 Å². The van der Waals surface area contributed by atoms with Gasteiger partial charge in [0, 0.05) is 18.0 Å². The maximum atomic E-state index is 14.1. The van der Waals surface area contributed by atoms with Gasteiger partial charge in [-0.2, -0.15) is 13.2 Å². The third kappa shape index (κ3) is 4.30. The van der Waals surface area contributed by atoms with E-state index in [0.29, 0.717) is 16.5 Å². The number of pyridine rings is 1. The van der Waals surface area contributed by atoms with Crippen LogP contribution in [0.2, 0.25) is 0 Å². The van der Waals surface area contributed by atoms with Gasteiger partial charge < -0.3 is 5.11 Å². The first-order valence-corrected chi connectivity index (χ1v) is 9.62. The maximum absolute atomic E-state index is 14.1. The highest BCUT2D eigenvalue weighted by Crippen LogP contribution is 2.43. The van der Waals surface area contributed by atoms with Gasteiger partial charge in [0.25, 0.3) is 0 Å². The van der Waals surface area contributed by atoms with E-state index in [4.69, 9.17) is 0 Å². The van der Waals surface area contributed by atoms with Crippen LogP contribution in [-0.4, -0.2) is 21.9 Å². The lowest BCUT2D eigenvalue weighted by atomic mass is 9.72. The van der Waals surface area contributed by atoms with Crippen LogP contribution in [0.15, 0.2) is 54.7 Å². The van der Waals surface area contributed by atoms with Gasteiger partial charge in [-0.05, 0) is 60.1 Å². The van der Waals surface area contributed by atoms with Crippen LogP contribution in [0.1, 0.15) is 42.5 Å². The Kier molecular flexibility index (Phi) is 5.48. The van der Waals surface area contributed by atoms with Crippen molar-refractivity contribution in [2.24, 2.45) is 0 Å². The molecule has 1 aromatic heterocycles. The summed E-state index contributed by atoms with van der Waals surface area (Å²) in [6, 6.07) is 14.3. The van der Waals surface area contributed by atoms with Gasteiger partial charge in [-0.1, -0.05) is 50.2 Å². The van der Waals surface area contributed by atoms with Gasteiger partial charge in [0.2, 0.25) is 0 Å². The largest absolute Gasteiger partial charge is 0.417 e. The van der Waals surface area contributed by atoms with Gasteiger partial charge >= 0.3 is 6.18 Å². The Morgan fingerprint density at radius 3 is 2.28 bits per heavy atom. The van der Waals surface area contributed by atoms with Crippen LogP contribution in [0.4, 0.5) is 13.2 Å². The molecule has 154 valence electrons. The van der Waals surface area contributed by atoms with Crippen molar-refractivity contribution in [1.29, 1.82) is 0 Å². The quantitative estimate of drug-likeness (QED) is 0.564. The predicted molar refractivity (Wildman–Crippen MR) is 110 cm³/mol. The Morgan fingerprint density at radius 2 is 1.62 bits per heavy atom. The van der Waals surface area contributed by atoms with Crippen LogP contribution < -0.4 is 0 Å². The van der Waals surface area contributed by atoms with Crippen molar-refractivity contribution in [2.45, 2.75) is 57.7 Å². The third-order valence-electron chi connectivity index (χ3n) is 5.77. The molecule has 0 amide bonds. The second-order valence-electron chi connectivity index (χ2n) is 8.55. The first kappa shape index (κ1) is 21.3. The first-order chi connectivity index (χ1) is 13.4. The zero-order valence-electron chi connectivity index (χ0n) is 17.1. The summed E-state index contributed by atoms with van der Waals surface area (Å²) >= 11 is 0. The second-order valence-corrected chi connectivity index (χ2v) is 8.55. The van der Waals surface area contributed by atoms with Crippen molar-refractivity contribution in [2.75, 3.05) is 0 Å². The van der Waals surface area contributed by atoms with Crippen LogP contribution in [0, 0.1) is 13.8 Å². The highest BCUT2D eigenvalue weighted by Gasteiger charge is 2.55.